The third-order valence-electron chi connectivity index (χ3n) is 2.16. The molecule has 1 aliphatic rings. The molecule has 1 saturated heterocycles. The third kappa shape index (κ3) is 3.25. The van der Waals surface area contributed by atoms with E-state index in [9.17, 15) is 4.79 Å². The highest BCUT2D eigenvalue weighted by atomic mass is 16.6. The Morgan fingerprint density at radius 1 is 1.57 bits per heavy atom. The Labute approximate surface area is 84.4 Å². The van der Waals surface area contributed by atoms with Gasteiger partial charge in [0.1, 0.15) is 0 Å². The summed E-state index contributed by atoms with van der Waals surface area (Å²) in [7, 11) is 3.64. The predicted octanol–water partition coefficient (Wildman–Crippen LogP) is -0.920. The summed E-state index contributed by atoms with van der Waals surface area (Å²) in [4.78, 5) is 13.4. The van der Waals surface area contributed by atoms with E-state index in [1.54, 1.807) is 11.9 Å². The van der Waals surface area contributed by atoms with Gasteiger partial charge in [0.2, 0.25) is 0 Å². The van der Waals surface area contributed by atoms with Crippen LogP contribution in [0.25, 0.3) is 0 Å². The summed E-state index contributed by atoms with van der Waals surface area (Å²) >= 11 is 0. The van der Waals surface area contributed by atoms with Gasteiger partial charge in [0, 0.05) is 20.1 Å². The Kier molecular flexibility index (Phi) is 4.86. The topological polar surface area (TPSA) is 50.8 Å². The van der Waals surface area contributed by atoms with Crippen LogP contribution in [0.5, 0.6) is 0 Å². The van der Waals surface area contributed by atoms with E-state index in [4.69, 9.17) is 9.47 Å². The van der Waals surface area contributed by atoms with Gasteiger partial charge >= 0.3 is 0 Å². The van der Waals surface area contributed by atoms with Crippen LogP contribution in [0.2, 0.25) is 0 Å². The maximum atomic E-state index is 11.7. The average Bonchev–Trinajstić information content (AvgIpc) is 2.26. The number of carbonyl (C=O) groups is 1. The number of likely N-dealkylation sites (N-methyl/N-ethyl adjacent to an activating group) is 2. The second-order valence-corrected chi connectivity index (χ2v) is 3.30. The number of hydrogen-bond donors (Lipinski definition) is 1. The molecule has 1 atom stereocenters. The molecule has 0 radical (unpaired) electrons. The van der Waals surface area contributed by atoms with E-state index in [1.165, 1.54) is 0 Å². The van der Waals surface area contributed by atoms with E-state index < -0.39 is 6.10 Å². The first-order valence-corrected chi connectivity index (χ1v) is 4.84. The molecule has 0 spiro atoms. The maximum absolute atomic E-state index is 11.7. The summed E-state index contributed by atoms with van der Waals surface area (Å²) in [5.41, 5.74) is 0. The molecule has 1 heterocycles. The van der Waals surface area contributed by atoms with Crippen LogP contribution in [0, 0.1) is 0 Å². The van der Waals surface area contributed by atoms with Crippen molar-refractivity contribution in [1.82, 2.24) is 10.2 Å². The average molecular weight is 202 g/mol. The van der Waals surface area contributed by atoms with E-state index in [2.05, 4.69) is 5.32 Å². The van der Waals surface area contributed by atoms with Gasteiger partial charge < -0.3 is 19.7 Å². The van der Waals surface area contributed by atoms with Crippen molar-refractivity contribution in [2.75, 3.05) is 47.0 Å². The zero-order valence-corrected chi connectivity index (χ0v) is 8.78. The fraction of sp³-hybridized carbons (Fsp3) is 0.889. The molecule has 1 fully saturated rings. The van der Waals surface area contributed by atoms with Gasteiger partial charge in [0.05, 0.1) is 19.8 Å². The Hall–Kier alpha value is -0.650. The number of hydrogen-bond acceptors (Lipinski definition) is 4. The molecule has 0 aromatic carbocycles. The van der Waals surface area contributed by atoms with Crippen LogP contribution in [0.4, 0.5) is 0 Å². The molecule has 1 aliphatic heterocycles. The molecule has 0 aliphatic carbocycles. The summed E-state index contributed by atoms with van der Waals surface area (Å²) in [5, 5.41) is 2.99. The van der Waals surface area contributed by atoms with Gasteiger partial charge in [-0.15, -0.1) is 0 Å². The van der Waals surface area contributed by atoms with Crippen molar-refractivity contribution in [3.8, 4) is 0 Å². The number of carbonyl (C=O) groups excluding carboxylic acids is 1. The van der Waals surface area contributed by atoms with E-state index in [0.717, 1.165) is 6.54 Å². The molecular formula is C9H18N2O3. The second-order valence-electron chi connectivity index (χ2n) is 3.30. The Bertz CT molecular complexity index is 181. The van der Waals surface area contributed by atoms with Crippen molar-refractivity contribution in [1.29, 1.82) is 0 Å². The standard InChI is InChI=1S/C9H18N2O3/c1-10-3-4-11(2)9(12)8-7-13-5-6-14-8/h8,10H,3-7H2,1-2H3. The van der Waals surface area contributed by atoms with Crippen molar-refractivity contribution in [2.45, 2.75) is 6.10 Å². The van der Waals surface area contributed by atoms with E-state index in [0.29, 0.717) is 26.4 Å². The fourth-order valence-electron chi connectivity index (χ4n) is 1.27. The van der Waals surface area contributed by atoms with E-state index >= 15 is 0 Å². The first-order valence-electron chi connectivity index (χ1n) is 4.84. The number of amides is 1. The lowest BCUT2D eigenvalue weighted by molar-refractivity contribution is -0.156. The summed E-state index contributed by atoms with van der Waals surface area (Å²) < 4.78 is 10.5. The summed E-state index contributed by atoms with van der Waals surface area (Å²) in [5.74, 6) is -0.0000463. The molecule has 14 heavy (non-hydrogen) atoms. The summed E-state index contributed by atoms with van der Waals surface area (Å²) in [6.07, 6.45) is -0.411. The Morgan fingerprint density at radius 2 is 2.36 bits per heavy atom. The molecule has 5 nitrogen and oxygen atoms in total. The number of ether oxygens (including phenoxy) is 2. The molecule has 0 bridgehead atoms. The molecule has 1 rings (SSSR count). The normalized spacial score (nSPS) is 22.0. The predicted molar refractivity (Wildman–Crippen MR) is 52.1 cm³/mol. The largest absolute Gasteiger partial charge is 0.376 e. The van der Waals surface area contributed by atoms with Gasteiger partial charge in [0.25, 0.3) is 5.91 Å². The van der Waals surface area contributed by atoms with Crippen LogP contribution >= 0.6 is 0 Å². The molecule has 1 amide bonds. The number of nitrogens with zero attached hydrogens (tertiary/aromatic N) is 1. The summed E-state index contributed by atoms with van der Waals surface area (Å²) in [6, 6.07) is 0. The van der Waals surface area contributed by atoms with Crippen LogP contribution in [0.3, 0.4) is 0 Å². The van der Waals surface area contributed by atoms with Crippen LogP contribution in [-0.2, 0) is 14.3 Å². The van der Waals surface area contributed by atoms with Gasteiger partial charge in [-0.3, -0.25) is 4.79 Å². The minimum atomic E-state index is -0.411. The van der Waals surface area contributed by atoms with Crippen molar-refractivity contribution in [2.24, 2.45) is 0 Å². The van der Waals surface area contributed by atoms with Crippen molar-refractivity contribution in [3.63, 3.8) is 0 Å². The molecule has 0 aromatic rings. The molecular weight excluding hydrogens is 184 g/mol. The van der Waals surface area contributed by atoms with Crippen LogP contribution < -0.4 is 5.32 Å². The zero-order valence-electron chi connectivity index (χ0n) is 8.78. The lowest BCUT2D eigenvalue weighted by atomic mass is 10.3. The van der Waals surface area contributed by atoms with Gasteiger partial charge in [-0.25, -0.2) is 0 Å². The zero-order chi connectivity index (χ0) is 10.4. The number of nitrogens with one attached hydrogen (secondary N) is 1. The molecule has 0 saturated carbocycles. The van der Waals surface area contributed by atoms with E-state index in [1.807, 2.05) is 7.05 Å². The smallest absolute Gasteiger partial charge is 0.253 e. The van der Waals surface area contributed by atoms with Gasteiger partial charge in [-0.05, 0) is 7.05 Å². The van der Waals surface area contributed by atoms with Gasteiger partial charge in [0.15, 0.2) is 6.10 Å². The second kappa shape index (κ2) is 5.95. The molecule has 0 aromatic heterocycles. The third-order valence-corrected chi connectivity index (χ3v) is 2.16. The quantitative estimate of drug-likeness (QED) is 0.640. The van der Waals surface area contributed by atoms with Crippen LogP contribution in [0.1, 0.15) is 0 Å². The first-order chi connectivity index (χ1) is 6.75. The van der Waals surface area contributed by atoms with E-state index in [-0.39, 0.29) is 5.91 Å². The highest BCUT2D eigenvalue weighted by Crippen LogP contribution is 2.03. The highest BCUT2D eigenvalue weighted by molar-refractivity contribution is 5.80. The fourth-order valence-corrected chi connectivity index (χ4v) is 1.27. The van der Waals surface area contributed by atoms with Gasteiger partial charge in [-0.2, -0.15) is 0 Å². The molecule has 1 unspecified atom stereocenters. The van der Waals surface area contributed by atoms with Crippen molar-refractivity contribution in [3.05, 3.63) is 0 Å². The van der Waals surface area contributed by atoms with Crippen molar-refractivity contribution >= 4 is 5.91 Å². The SMILES string of the molecule is CNCCN(C)C(=O)C1COCCO1. The number of rotatable bonds is 4. The van der Waals surface area contributed by atoms with Gasteiger partial charge in [-0.1, -0.05) is 0 Å². The molecule has 1 N–H and O–H groups in total. The minimum Gasteiger partial charge on any atom is -0.376 e. The molecule has 82 valence electrons. The Balaban J connectivity index is 2.30. The molecule has 5 heteroatoms. The van der Waals surface area contributed by atoms with Crippen LogP contribution in [-0.4, -0.2) is 63.9 Å². The lowest BCUT2D eigenvalue weighted by Crippen LogP contribution is -2.45. The lowest BCUT2D eigenvalue weighted by Gasteiger charge is -2.26. The highest BCUT2D eigenvalue weighted by Gasteiger charge is 2.25. The van der Waals surface area contributed by atoms with Crippen LogP contribution in [0.15, 0.2) is 0 Å². The monoisotopic (exact) mass is 202 g/mol. The Morgan fingerprint density at radius 3 is 2.93 bits per heavy atom. The maximum Gasteiger partial charge on any atom is 0.253 e. The van der Waals surface area contributed by atoms with Crippen molar-refractivity contribution < 1.29 is 14.3 Å². The minimum absolute atomic E-state index is 0.0000463. The summed E-state index contributed by atoms with van der Waals surface area (Å²) in [6.45, 7) is 2.95. The first kappa shape index (κ1) is 11.4.